The highest BCUT2D eigenvalue weighted by molar-refractivity contribution is 7.12. The van der Waals surface area contributed by atoms with Crippen molar-refractivity contribution in [3.63, 3.8) is 0 Å². The highest BCUT2D eigenvalue weighted by atomic mass is 32.1. The zero-order valence-electron chi connectivity index (χ0n) is 16.8. The lowest BCUT2D eigenvalue weighted by atomic mass is 9.96. The van der Waals surface area contributed by atoms with Gasteiger partial charge in [-0.15, -0.1) is 11.3 Å². The highest BCUT2D eigenvalue weighted by Crippen LogP contribution is 2.25. The molecule has 0 bridgehead atoms. The summed E-state index contributed by atoms with van der Waals surface area (Å²) in [6.45, 7) is 4.32. The Morgan fingerprint density at radius 2 is 1.86 bits per heavy atom. The molecule has 0 aliphatic carbocycles. The number of methoxy groups -OCH3 is 1. The molecule has 0 N–H and O–H groups in total. The van der Waals surface area contributed by atoms with Crippen molar-refractivity contribution in [2.75, 3.05) is 51.3 Å². The van der Waals surface area contributed by atoms with Crippen molar-refractivity contribution in [1.29, 1.82) is 0 Å². The van der Waals surface area contributed by atoms with Gasteiger partial charge in [0.05, 0.1) is 17.9 Å². The lowest BCUT2D eigenvalue weighted by Crippen LogP contribution is -2.53. The van der Waals surface area contributed by atoms with Gasteiger partial charge in [-0.2, -0.15) is 0 Å². The topological polar surface area (TPSA) is 53.1 Å². The molecule has 0 spiro atoms. The van der Waals surface area contributed by atoms with Crippen LogP contribution >= 0.6 is 11.3 Å². The standard InChI is InChI=1S/C22H27N3O3S/c1-28-19-7-2-6-18(15-19)23-10-12-24(13-11-23)21(26)17-5-3-9-25(16-17)22(27)20-8-4-14-29-20/h2,4,6-8,14-15,17H,3,5,9-13,16H2,1H3. The first kappa shape index (κ1) is 19.8. The van der Waals surface area contributed by atoms with E-state index in [1.54, 1.807) is 7.11 Å². The molecule has 4 rings (SSSR count). The zero-order chi connectivity index (χ0) is 20.2. The van der Waals surface area contributed by atoms with Crippen LogP contribution in [0.1, 0.15) is 22.5 Å². The summed E-state index contributed by atoms with van der Waals surface area (Å²) >= 11 is 1.46. The Morgan fingerprint density at radius 3 is 2.59 bits per heavy atom. The van der Waals surface area contributed by atoms with E-state index in [-0.39, 0.29) is 17.7 Å². The van der Waals surface area contributed by atoms with Gasteiger partial charge < -0.3 is 19.4 Å². The Hall–Kier alpha value is -2.54. The minimum Gasteiger partial charge on any atom is -0.497 e. The maximum atomic E-state index is 13.1. The first-order valence-electron chi connectivity index (χ1n) is 10.2. The molecule has 6 nitrogen and oxygen atoms in total. The molecule has 2 saturated heterocycles. The van der Waals surface area contributed by atoms with Gasteiger partial charge in [-0.3, -0.25) is 9.59 Å². The fourth-order valence-corrected chi connectivity index (χ4v) is 4.86. The van der Waals surface area contributed by atoms with Crippen LogP contribution in [-0.4, -0.2) is 68.0 Å². The van der Waals surface area contributed by atoms with Gasteiger partial charge in [0.25, 0.3) is 5.91 Å². The van der Waals surface area contributed by atoms with E-state index >= 15 is 0 Å². The van der Waals surface area contributed by atoms with Gasteiger partial charge in [0, 0.05) is 51.0 Å². The van der Waals surface area contributed by atoms with Crippen LogP contribution in [0.15, 0.2) is 41.8 Å². The summed E-state index contributed by atoms with van der Waals surface area (Å²) < 4.78 is 5.32. The van der Waals surface area contributed by atoms with Gasteiger partial charge in [0.2, 0.25) is 5.91 Å². The smallest absolute Gasteiger partial charge is 0.263 e. The molecule has 1 atom stereocenters. The van der Waals surface area contributed by atoms with Crippen molar-refractivity contribution in [3.8, 4) is 5.75 Å². The first-order chi connectivity index (χ1) is 14.2. The average molecular weight is 414 g/mol. The fourth-order valence-electron chi connectivity index (χ4n) is 4.17. The van der Waals surface area contributed by atoms with Crippen molar-refractivity contribution in [1.82, 2.24) is 9.80 Å². The van der Waals surface area contributed by atoms with Gasteiger partial charge in [0.1, 0.15) is 5.75 Å². The molecule has 1 aromatic carbocycles. The van der Waals surface area contributed by atoms with Crippen molar-refractivity contribution >= 4 is 28.8 Å². The van der Waals surface area contributed by atoms with Gasteiger partial charge in [-0.05, 0) is 36.4 Å². The Balaban J connectivity index is 1.33. The fraction of sp³-hybridized carbons (Fsp3) is 0.455. The van der Waals surface area contributed by atoms with Crippen LogP contribution in [0.25, 0.3) is 0 Å². The van der Waals surface area contributed by atoms with Crippen molar-refractivity contribution in [3.05, 3.63) is 46.7 Å². The van der Waals surface area contributed by atoms with Crippen LogP contribution in [0.4, 0.5) is 5.69 Å². The van der Waals surface area contributed by atoms with Crippen LogP contribution in [0.5, 0.6) is 5.75 Å². The van der Waals surface area contributed by atoms with Crippen molar-refractivity contribution < 1.29 is 14.3 Å². The predicted molar refractivity (Wildman–Crippen MR) is 115 cm³/mol. The number of carbonyl (C=O) groups excluding carboxylic acids is 2. The number of likely N-dealkylation sites (tertiary alicyclic amines) is 1. The molecule has 2 aliphatic rings. The maximum absolute atomic E-state index is 13.1. The van der Waals surface area contributed by atoms with E-state index in [0.29, 0.717) is 19.6 Å². The SMILES string of the molecule is COc1cccc(N2CCN(C(=O)C3CCCN(C(=O)c4cccs4)C3)CC2)c1. The minimum absolute atomic E-state index is 0.0559. The van der Waals surface area contributed by atoms with E-state index in [4.69, 9.17) is 4.74 Å². The van der Waals surface area contributed by atoms with Gasteiger partial charge in [-0.1, -0.05) is 12.1 Å². The number of benzene rings is 1. The van der Waals surface area contributed by atoms with E-state index in [1.165, 1.54) is 11.3 Å². The number of hydrogen-bond acceptors (Lipinski definition) is 5. The lowest BCUT2D eigenvalue weighted by molar-refractivity contribution is -0.137. The van der Waals surface area contributed by atoms with Crippen molar-refractivity contribution in [2.24, 2.45) is 5.92 Å². The number of piperazine rings is 1. The Bertz CT molecular complexity index is 847. The number of anilines is 1. The zero-order valence-corrected chi connectivity index (χ0v) is 17.6. The predicted octanol–water partition coefficient (Wildman–Crippen LogP) is 2.96. The lowest BCUT2D eigenvalue weighted by Gasteiger charge is -2.39. The summed E-state index contributed by atoms with van der Waals surface area (Å²) in [5, 5.41) is 1.92. The molecular weight excluding hydrogens is 386 g/mol. The van der Waals surface area contributed by atoms with E-state index < -0.39 is 0 Å². The van der Waals surface area contributed by atoms with E-state index in [0.717, 1.165) is 48.8 Å². The second kappa shape index (κ2) is 8.86. The number of piperidine rings is 1. The number of carbonyl (C=O) groups is 2. The third-order valence-corrected chi connectivity index (χ3v) is 6.66. The molecular formula is C22H27N3O3S. The second-order valence-corrected chi connectivity index (χ2v) is 8.53. The van der Waals surface area contributed by atoms with Crippen LogP contribution in [-0.2, 0) is 4.79 Å². The summed E-state index contributed by atoms with van der Waals surface area (Å²) in [4.78, 5) is 32.6. The molecule has 7 heteroatoms. The summed E-state index contributed by atoms with van der Waals surface area (Å²) in [6, 6.07) is 11.8. The Kier molecular flexibility index (Phi) is 6.04. The molecule has 1 aromatic heterocycles. The number of amides is 2. The highest BCUT2D eigenvalue weighted by Gasteiger charge is 2.33. The Morgan fingerprint density at radius 1 is 1.03 bits per heavy atom. The van der Waals surface area contributed by atoms with Crippen LogP contribution in [0.3, 0.4) is 0 Å². The van der Waals surface area contributed by atoms with E-state index in [2.05, 4.69) is 11.0 Å². The molecule has 2 fully saturated rings. The first-order valence-corrected chi connectivity index (χ1v) is 11.0. The van der Waals surface area contributed by atoms with E-state index in [1.807, 2.05) is 45.5 Å². The number of nitrogens with zero attached hydrogens (tertiary/aromatic N) is 3. The maximum Gasteiger partial charge on any atom is 0.263 e. The molecule has 2 amide bonds. The van der Waals surface area contributed by atoms with Crippen LogP contribution in [0.2, 0.25) is 0 Å². The molecule has 29 heavy (non-hydrogen) atoms. The number of hydrogen-bond donors (Lipinski definition) is 0. The van der Waals surface area contributed by atoms with Crippen LogP contribution < -0.4 is 9.64 Å². The minimum atomic E-state index is -0.0870. The van der Waals surface area contributed by atoms with Gasteiger partial charge in [0.15, 0.2) is 0 Å². The number of ether oxygens (including phenoxy) is 1. The normalized spacial score (nSPS) is 19.9. The third kappa shape index (κ3) is 4.40. The third-order valence-electron chi connectivity index (χ3n) is 5.80. The summed E-state index contributed by atoms with van der Waals surface area (Å²) in [5.74, 6) is 1.01. The van der Waals surface area contributed by atoms with Gasteiger partial charge >= 0.3 is 0 Å². The van der Waals surface area contributed by atoms with Crippen molar-refractivity contribution in [2.45, 2.75) is 12.8 Å². The molecule has 0 radical (unpaired) electrons. The second-order valence-electron chi connectivity index (χ2n) is 7.58. The van der Waals surface area contributed by atoms with Gasteiger partial charge in [-0.25, -0.2) is 0 Å². The quantitative estimate of drug-likeness (QED) is 0.773. The molecule has 0 saturated carbocycles. The average Bonchev–Trinajstić information content (AvgIpc) is 3.33. The Labute approximate surface area is 175 Å². The molecule has 154 valence electrons. The van der Waals surface area contributed by atoms with Crippen LogP contribution in [0, 0.1) is 5.92 Å². The summed E-state index contributed by atoms with van der Waals surface area (Å²) in [6.07, 6.45) is 1.75. The molecule has 2 aliphatic heterocycles. The number of thiophene rings is 1. The van der Waals surface area contributed by atoms with E-state index in [9.17, 15) is 9.59 Å². The summed E-state index contributed by atoms with van der Waals surface area (Å²) in [5.41, 5.74) is 1.13. The molecule has 1 unspecified atom stereocenters. The monoisotopic (exact) mass is 413 g/mol. The number of rotatable bonds is 4. The molecule has 3 heterocycles. The summed E-state index contributed by atoms with van der Waals surface area (Å²) in [7, 11) is 1.67. The largest absolute Gasteiger partial charge is 0.497 e. The molecule has 2 aromatic rings.